The largest absolute Gasteiger partial charge is 0.445 e. The average Bonchev–Trinajstić information content (AvgIpc) is 2.53. The summed E-state index contributed by atoms with van der Waals surface area (Å²) in [5.74, 6) is 0. The fourth-order valence-corrected chi connectivity index (χ4v) is 1.62. The molecule has 0 fully saturated rings. The summed E-state index contributed by atoms with van der Waals surface area (Å²) in [6.45, 7) is 0.310. The van der Waals surface area contributed by atoms with Crippen molar-refractivity contribution in [3.05, 3.63) is 71.3 Å². The first-order valence-corrected chi connectivity index (χ1v) is 6.12. The lowest BCUT2D eigenvalue weighted by Crippen LogP contribution is -2.23. The second kappa shape index (κ2) is 7.09. The molecule has 2 aromatic carbocycles. The maximum absolute atomic E-state index is 11.6. The molecular formula is C16H14NO3. The molecule has 0 aliphatic heterocycles. The molecule has 0 heterocycles. The molecule has 0 saturated carbocycles. The fraction of sp³-hybridized carbons (Fsp3) is 0.125. The van der Waals surface area contributed by atoms with Gasteiger partial charge in [-0.15, -0.1) is 0 Å². The number of carbonyl (C=O) groups is 1. The molecule has 4 nitrogen and oxygen atoms in total. The third-order valence-corrected chi connectivity index (χ3v) is 2.60. The van der Waals surface area contributed by atoms with Gasteiger partial charge < -0.3 is 10.1 Å². The summed E-state index contributed by atoms with van der Waals surface area (Å²) >= 11 is 0. The summed E-state index contributed by atoms with van der Waals surface area (Å²) in [6, 6.07) is 14.2. The standard InChI is InChI=1S/C16H14NO3/c18-11-15-8-4-7-14(9-15)10-17-16(19)20-12-13-5-2-1-3-6-13/h1-9H,10,12H2,(H,17,19)/i9D. The van der Waals surface area contributed by atoms with Crippen LogP contribution in [-0.2, 0) is 22.7 Å². The number of rotatable bonds is 5. The molecule has 101 valence electrons. The van der Waals surface area contributed by atoms with Crippen LogP contribution in [0.5, 0.6) is 0 Å². The van der Waals surface area contributed by atoms with E-state index in [4.69, 9.17) is 6.11 Å². The van der Waals surface area contributed by atoms with Gasteiger partial charge in [-0.1, -0.05) is 48.5 Å². The highest BCUT2D eigenvalue weighted by atomic mass is 16.5. The molecule has 0 aliphatic rings. The lowest BCUT2D eigenvalue weighted by atomic mass is 10.1. The number of hydrogen-bond donors (Lipinski definition) is 1. The van der Waals surface area contributed by atoms with E-state index in [1.165, 1.54) is 6.07 Å². The molecule has 1 amide bonds. The molecule has 2 rings (SSSR count). The molecule has 0 aromatic heterocycles. The van der Waals surface area contributed by atoms with E-state index in [1.54, 1.807) is 18.4 Å². The minimum atomic E-state index is -0.571. The van der Waals surface area contributed by atoms with Crippen LogP contribution < -0.4 is 5.32 Å². The monoisotopic (exact) mass is 269 g/mol. The van der Waals surface area contributed by atoms with Crippen molar-refractivity contribution in [1.82, 2.24) is 5.32 Å². The quantitative estimate of drug-likeness (QED) is 0.907. The van der Waals surface area contributed by atoms with Crippen LogP contribution >= 0.6 is 0 Å². The van der Waals surface area contributed by atoms with Crippen molar-refractivity contribution >= 4 is 12.4 Å². The topological polar surface area (TPSA) is 55.4 Å². The molecular weight excluding hydrogens is 254 g/mol. The van der Waals surface area contributed by atoms with Gasteiger partial charge in [0.25, 0.3) is 0 Å². The fourth-order valence-electron chi connectivity index (χ4n) is 1.62. The first-order valence-electron chi connectivity index (χ1n) is 6.62. The minimum absolute atomic E-state index is 0.0656. The predicted molar refractivity (Wildman–Crippen MR) is 74.7 cm³/mol. The number of benzene rings is 2. The SMILES string of the molecule is [2H]c1c([C]=O)cccc1CNC(=O)OCc1ccccc1. The molecule has 0 atom stereocenters. The number of alkyl carbamates (subject to hydrolysis) is 1. The van der Waals surface area contributed by atoms with Gasteiger partial charge in [0.05, 0.1) is 1.37 Å². The van der Waals surface area contributed by atoms with Crippen LogP contribution in [0.4, 0.5) is 4.79 Å². The highest BCUT2D eigenvalue weighted by Gasteiger charge is 2.03. The number of nitrogens with one attached hydrogen (secondary N) is 1. The summed E-state index contributed by atoms with van der Waals surface area (Å²) in [5, 5.41) is 2.55. The highest BCUT2D eigenvalue weighted by molar-refractivity contribution is 5.75. The Kier molecular flexibility index (Phi) is 4.40. The Bertz CT molecular complexity index is 629. The smallest absolute Gasteiger partial charge is 0.407 e. The summed E-state index contributed by atoms with van der Waals surface area (Å²) in [6.07, 6.45) is 1.12. The van der Waals surface area contributed by atoms with Crippen molar-refractivity contribution in [2.75, 3.05) is 0 Å². The molecule has 20 heavy (non-hydrogen) atoms. The Balaban J connectivity index is 1.85. The number of ether oxygens (including phenoxy) is 1. The average molecular weight is 269 g/mol. The normalized spacial score (nSPS) is 10.5. The Labute approximate surface area is 118 Å². The van der Waals surface area contributed by atoms with E-state index in [0.717, 1.165) is 5.56 Å². The molecule has 0 bridgehead atoms. The van der Waals surface area contributed by atoms with E-state index in [1.807, 2.05) is 30.3 Å². The lowest BCUT2D eigenvalue weighted by molar-refractivity contribution is 0.139. The third-order valence-electron chi connectivity index (χ3n) is 2.60. The molecule has 0 aliphatic carbocycles. The summed E-state index contributed by atoms with van der Waals surface area (Å²) < 4.78 is 12.8. The third kappa shape index (κ3) is 4.24. The van der Waals surface area contributed by atoms with E-state index in [2.05, 4.69) is 5.32 Å². The van der Waals surface area contributed by atoms with Gasteiger partial charge >= 0.3 is 6.09 Å². The molecule has 0 saturated heterocycles. The molecule has 4 heteroatoms. The second-order valence-corrected chi connectivity index (χ2v) is 4.11. The van der Waals surface area contributed by atoms with Crippen LogP contribution in [0.1, 0.15) is 18.1 Å². The summed E-state index contributed by atoms with van der Waals surface area (Å²) in [4.78, 5) is 22.2. The molecule has 0 unspecified atom stereocenters. The van der Waals surface area contributed by atoms with Crippen molar-refractivity contribution in [1.29, 1.82) is 0 Å². The van der Waals surface area contributed by atoms with Crippen LogP contribution in [0.15, 0.2) is 54.6 Å². The maximum Gasteiger partial charge on any atom is 0.407 e. The number of hydrogen-bond acceptors (Lipinski definition) is 3. The van der Waals surface area contributed by atoms with Gasteiger partial charge in [-0.2, -0.15) is 0 Å². The van der Waals surface area contributed by atoms with Crippen LogP contribution in [0.3, 0.4) is 0 Å². The van der Waals surface area contributed by atoms with Gasteiger partial charge in [0.1, 0.15) is 6.61 Å². The Morgan fingerprint density at radius 3 is 2.65 bits per heavy atom. The zero-order valence-electron chi connectivity index (χ0n) is 11.8. The Morgan fingerprint density at radius 2 is 1.90 bits per heavy atom. The van der Waals surface area contributed by atoms with Gasteiger partial charge in [0, 0.05) is 12.1 Å². The van der Waals surface area contributed by atoms with E-state index in [9.17, 15) is 9.59 Å². The maximum atomic E-state index is 11.6. The van der Waals surface area contributed by atoms with Gasteiger partial charge in [-0.25, -0.2) is 4.79 Å². The first kappa shape index (κ1) is 12.4. The Morgan fingerprint density at radius 1 is 1.15 bits per heavy atom. The molecule has 1 radical (unpaired) electrons. The van der Waals surface area contributed by atoms with Crippen LogP contribution in [0.25, 0.3) is 0 Å². The van der Waals surface area contributed by atoms with Crippen molar-refractivity contribution in [3.63, 3.8) is 0 Å². The van der Waals surface area contributed by atoms with Gasteiger partial charge in [0.2, 0.25) is 6.29 Å². The van der Waals surface area contributed by atoms with Crippen molar-refractivity contribution in [3.8, 4) is 0 Å². The minimum Gasteiger partial charge on any atom is -0.445 e. The zero-order chi connectivity index (χ0) is 15.1. The lowest BCUT2D eigenvalue weighted by Gasteiger charge is -2.07. The molecule has 0 spiro atoms. The molecule has 2 aromatic rings. The van der Waals surface area contributed by atoms with Crippen LogP contribution in [-0.4, -0.2) is 12.4 Å². The van der Waals surface area contributed by atoms with Crippen molar-refractivity contribution in [2.24, 2.45) is 0 Å². The number of amides is 1. The van der Waals surface area contributed by atoms with Gasteiger partial charge in [-0.05, 0) is 17.2 Å². The first-order chi connectivity index (χ1) is 10.2. The van der Waals surface area contributed by atoms with E-state index < -0.39 is 6.09 Å². The van der Waals surface area contributed by atoms with E-state index in [-0.39, 0.29) is 24.8 Å². The van der Waals surface area contributed by atoms with E-state index in [0.29, 0.717) is 5.56 Å². The van der Waals surface area contributed by atoms with E-state index >= 15 is 0 Å². The zero-order valence-corrected chi connectivity index (χ0v) is 10.8. The number of carbonyl (C=O) groups excluding carboxylic acids is 2. The molecule has 1 N–H and O–H groups in total. The van der Waals surface area contributed by atoms with Crippen molar-refractivity contribution < 1.29 is 15.7 Å². The van der Waals surface area contributed by atoms with Crippen molar-refractivity contribution in [2.45, 2.75) is 13.2 Å². The summed E-state index contributed by atoms with van der Waals surface area (Å²) in [7, 11) is 0. The highest BCUT2D eigenvalue weighted by Crippen LogP contribution is 2.04. The Hall–Kier alpha value is -2.62. The summed E-state index contributed by atoms with van der Waals surface area (Å²) in [5.41, 5.74) is 1.60. The van der Waals surface area contributed by atoms with Gasteiger partial charge in [0.15, 0.2) is 0 Å². The van der Waals surface area contributed by atoms with Crippen LogP contribution in [0, 0.1) is 0 Å². The van der Waals surface area contributed by atoms with Crippen LogP contribution in [0.2, 0.25) is 0 Å². The van der Waals surface area contributed by atoms with Gasteiger partial charge in [-0.3, -0.25) is 4.79 Å². The predicted octanol–water partition coefficient (Wildman–Crippen LogP) is 2.57. The second-order valence-electron chi connectivity index (χ2n) is 4.11.